The molecule has 90 valence electrons. The van der Waals surface area contributed by atoms with E-state index in [1.807, 2.05) is 13.0 Å². The number of halogens is 1. The summed E-state index contributed by atoms with van der Waals surface area (Å²) in [5, 5.41) is 3.16. The van der Waals surface area contributed by atoms with Crippen molar-refractivity contribution in [3.8, 4) is 5.75 Å². The minimum absolute atomic E-state index is 0.312. The number of rotatable bonds is 7. The summed E-state index contributed by atoms with van der Waals surface area (Å²) >= 11 is 0. The van der Waals surface area contributed by atoms with Crippen LogP contribution in [0.2, 0.25) is 0 Å². The smallest absolute Gasteiger partial charge is 0.165 e. The number of ether oxygens (including phenoxy) is 2. The Hall–Kier alpha value is -1.13. The SMILES string of the molecule is CCOc1c(F)cccc1CNCCOC. The Morgan fingerprint density at radius 3 is 2.88 bits per heavy atom. The molecule has 0 saturated carbocycles. The van der Waals surface area contributed by atoms with E-state index >= 15 is 0 Å². The van der Waals surface area contributed by atoms with Gasteiger partial charge in [-0.3, -0.25) is 0 Å². The van der Waals surface area contributed by atoms with E-state index in [-0.39, 0.29) is 5.82 Å². The van der Waals surface area contributed by atoms with Crippen LogP contribution < -0.4 is 10.1 Å². The van der Waals surface area contributed by atoms with Gasteiger partial charge in [-0.25, -0.2) is 4.39 Å². The van der Waals surface area contributed by atoms with Crippen LogP contribution in [0.15, 0.2) is 18.2 Å². The molecule has 0 fully saturated rings. The molecule has 1 aromatic carbocycles. The molecule has 0 aliphatic carbocycles. The summed E-state index contributed by atoms with van der Waals surface area (Å²) in [6.07, 6.45) is 0. The van der Waals surface area contributed by atoms with Crippen molar-refractivity contribution in [2.75, 3.05) is 26.9 Å². The largest absolute Gasteiger partial charge is 0.490 e. The van der Waals surface area contributed by atoms with Crippen molar-refractivity contribution >= 4 is 0 Å². The van der Waals surface area contributed by atoms with E-state index in [1.165, 1.54) is 6.07 Å². The van der Waals surface area contributed by atoms with Gasteiger partial charge in [-0.1, -0.05) is 12.1 Å². The minimum atomic E-state index is -0.312. The highest BCUT2D eigenvalue weighted by molar-refractivity contribution is 5.34. The summed E-state index contributed by atoms with van der Waals surface area (Å²) in [5.41, 5.74) is 0.831. The van der Waals surface area contributed by atoms with E-state index in [0.29, 0.717) is 25.5 Å². The zero-order valence-corrected chi connectivity index (χ0v) is 9.75. The maximum Gasteiger partial charge on any atom is 0.165 e. The first-order valence-corrected chi connectivity index (χ1v) is 5.39. The molecule has 16 heavy (non-hydrogen) atoms. The number of benzene rings is 1. The van der Waals surface area contributed by atoms with Crippen molar-refractivity contribution in [1.82, 2.24) is 5.32 Å². The van der Waals surface area contributed by atoms with Crippen LogP contribution in [0.25, 0.3) is 0 Å². The van der Waals surface area contributed by atoms with Gasteiger partial charge in [-0.05, 0) is 13.0 Å². The molecule has 3 nitrogen and oxygen atoms in total. The topological polar surface area (TPSA) is 30.5 Å². The van der Waals surface area contributed by atoms with Gasteiger partial charge in [-0.2, -0.15) is 0 Å². The van der Waals surface area contributed by atoms with Crippen LogP contribution in [0.5, 0.6) is 5.75 Å². The lowest BCUT2D eigenvalue weighted by Crippen LogP contribution is -2.19. The van der Waals surface area contributed by atoms with Crippen molar-refractivity contribution in [3.05, 3.63) is 29.6 Å². The maximum atomic E-state index is 13.4. The van der Waals surface area contributed by atoms with E-state index in [9.17, 15) is 4.39 Å². The summed E-state index contributed by atoms with van der Waals surface area (Å²) in [6.45, 7) is 4.26. The highest BCUT2D eigenvalue weighted by atomic mass is 19.1. The standard InChI is InChI=1S/C12H18FNO2/c1-3-16-12-10(5-4-6-11(12)13)9-14-7-8-15-2/h4-6,14H,3,7-9H2,1-2H3. The van der Waals surface area contributed by atoms with Crippen molar-refractivity contribution < 1.29 is 13.9 Å². The minimum Gasteiger partial charge on any atom is -0.490 e. The monoisotopic (exact) mass is 227 g/mol. The lowest BCUT2D eigenvalue weighted by Gasteiger charge is -2.11. The molecule has 0 amide bonds. The summed E-state index contributed by atoms with van der Waals surface area (Å²) < 4.78 is 23.6. The third kappa shape index (κ3) is 3.79. The first-order chi connectivity index (χ1) is 7.79. The molecule has 1 aromatic rings. The second kappa shape index (κ2) is 7.19. The molecular weight excluding hydrogens is 209 g/mol. The fraction of sp³-hybridized carbons (Fsp3) is 0.500. The van der Waals surface area contributed by atoms with Gasteiger partial charge in [0.15, 0.2) is 11.6 Å². The van der Waals surface area contributed by atoms with Crippen LogP contribution in [-0.2, 0) is 11.3 Å². The Morgan fingerprint density at radius 1 is 1.38 bits per heavy atom. The highest BCUT2D eigenvalue weighted by Gasteiger charge is 2.08. The molecule has 0 saturated heterocycles. The predicted molar refractivity (Wildman–Crippen MR) is 61.2 cm³/mol. The van der Waals surface area contributed by atoms with Gasteiger partial charge >= 0.3 is 0 Å². The van der Waals surface area contributed by atoms with E-state index in [1.54, 1.807) is 13.2 Å². The second-order valence-corrected chi connectivity index (χ2v) is 3.33. The Balaban J connectivity index is 2.59. The fourth-order valence-electron chi connectivity index (χ4n) is 1.40. The number of para-hydroxylation sites is 1. The fourth-order valence-corrected chi connectivity index (χ4v) is 1.40. The lowest BCUT2D eigenvalue weighted by atomic mass is 10.2. The van der Waals surface area contributed by atoms with Crippen LogP contribution >= 0.6 is 0 Å². The predicted octanol–water partition coefficient (Wildman–Crippen LogP) is 1.96. The van der Waals surface area contributed by atoms with Crippen LogP contribution in [0.3, 0.4) is 0 Å². The van der Waals surface area contributed by atoms with Gasteiger partial charge in [0.2, 0.25) is 0 Å². The average molecular weight is 227 g/mol. The Bertz CT molecular complexity index is 318. The van der Waals surface area contributed by atoms with E-state index < -0.39 is 0 Å². The van der Waals surface area contributed by atoms with Crippen molar-refractivity contribution in [3.63, 3.8) is 0 Å². The van der Waals surface area contributed by atoms with Gasteiger partial charge in [0.25, 0.3) is 0 Å². The molecule has 0 spiro atoms. The molecule has 0 aromatic heterocycles. The highest BCUT2D eigenvalue weighted by Crippen LogP contribution is 2.22. The van der Waals surface area contributed by atoms with Gasteiger partial charge in [0.1, 0.15) is 0 Å². The quantitative estimate of drug-likeness (QED) is 0.722. The van der Waals surface area contributed by atoms with Crippen molar-refractivity contribution in [1.29, 1.82) is 0 Å². The number of hydrogen-bond donors (Lipinski definition) is 1. The number of hydrogen-bond acceptors (Lipinski definition) is 3. The number of nitrogens with one attached hydrogen (secondary N) is 1. The molecule has 0 bridgehead atoms. The lowest BCUT2D eigenvalue weighted by molar-refractivity contribution is 0.199. The average Bonchev–Trinajstić information content (AvgIpc) is 2.29. The molecule has 0 heterocycles. The number of methoxy groups -OCH3 is 1. The Kier molecular flexibility index (Phi) is 5.82. The summed E-state index contributed by atoms with van der Waals surface area (Å²) in [6, 6.07) is 4.95. The Morgan fingerprint density at radius 2 is 2.19 bits per heavy atom. The van der Waals surface area contributed by atoms with Gasteiger partial charge in [0, 0.05) is 25.8 Å². The van der Waals surface area contributed by atoms with E-state index in [0.717, 1.165) is 12.1 Å². The van der Waals surface area contributed by atoms with Crippen molar-refractivity contribution in [2.24, 2.45) is 0 Å². The molecule has 1 N–H and O–H groups in total. The van der Waals surface area contributed by atoms with Crippen LogP contribution in [0.4, 0.5) is 4.39 Å². The van der Waals surface area contributed by atoms with Gasteiger partial charge in [-0.15, -0.1) is 0 Å². The maximum absolute atomic E-state index is 13.4. The third-order valence-corrected chi connectivity index (χ3v) is 2.14. The summed E-state index contributed by atoms with van der Waals surface area (Å²) in [5.74, 6) is 0.0304. The molecule has 0 unspecified atom stereocenters. The van der Waals surface area contributed by atoms with Crippen LogP contribution in [0, 0.1) is 5.82 Å². The van der Waals surface area contributed by atoms with Crippen LogP contribution in [-0.4, -0.2) is 26.9 Å². The molecular formula is C12H18FNO2. The normalized spacial score (nSPS) is 10.4. The first kappa shape index (κ1) is 12.9. The molecule has 0 atom stereocenters. The zero-order valence-electron chi connectivity index (χ0n) is 9.75. The van der Waals surface area contributed by atoms with Gasteiger partial charge < -0.3 is 14.8 Å². The second-order valence-electron chi connectivity index (χ2n) is 3.33. The van der Waals surface area contributed by atoms with Crippen LogP contribution in [0.1, 0.15) is 12.5 Å². The van der Waals surface area contributed by atoms with E-state index in [4.69, 9.17) is 9.47 Å². The molecule has 1 rings (SSSR count). The van der Waals surface area contributed by atoms with Gasteiger partial charge in [0.05, 0.1) is 13.2 Å². The summed E-state index contributed by atoms with van der Waals surface area (Å²) in [7, 11) is 1.65. The Labute approximate surface area is 95.6 Å². The summed E-state index contributed by atoms with van der Waals surface area (Å²) in [4.78, 5) is 0. The third-order valence-electron chi connectivity index (χ3n) is 2.14. The van der Waals surface area contributed by atoms with E-state index in [2.05, 4.69) is 5.32 Å². The van der Waals surface area contributed by atoms with Crippen molar-refractivity contribution in [2.45, 2.75) is 13.5 Å². The zero-order chi connectivity index (χ0) is 11.8. The molecule has 0 aliphatic rings. The molecule has 0 radical (unpaired) electrons. The molecule has 4 heteroatoms. The molecule has 0 aliphatic heterocycles. The first-order valence-electron chi connectivity index (χ1n) is 5.39.